The molecule has 200 valence electrons. The van der Waals surface area contributed by atoms with Crippen molar-refractivity contribution in [2.24, 2.45) is 0 Å². The summed E-state index contributed by atoms with van der Waals surface area (Å²) in [5.74, 6) is 1.14. The average molecular weight is 530 g/mol. The molecule has 3 aromatic rings. The lowest BCUT2D eigenvalue weighted by Crippen LogP contribution is -2.42. The number of alkyl halides is 3. The maximum absolute atomic E-state index is 13.2. The number of amides is 2. The molecule has 0 radical (unpaired) electrons. The van der Waals surface area contributed by atoms with E-state index in [1.165, 1.54) is 6.07 Å². The summed E-state index contributed by atoms with van der Waals surface area (Å²) in [6.45, 7) is 0.690. The number of carbonyl (C=O) groups is 1. The van der Waals surface area contributed by atoms with Gasteiger partial charge in [-0.2, -0.15) is 18.2 Å². The standard InChI is InChI=1S/C26H26F3N5O4/c27-26(28,29)17-3-8-22(37-20-14-36-15-20)21(12-17)33-25(35)32-18-4-6-19(7-5-18)38-23-9-11-31-24(34-23)16-2-1-10-30-13-16/h1-3,8-13,18-20H,4-7,14-15H2,(H2,32,33,35)/t18-,19-. The van der Waals surface area contributed by atoms with E-state index in [4.69, 9.17) is 14.2 Å². The molecule has 9 nitrogen and oxygen atoms in total. The van der Waals surface area contributed by atoms with Crippen molar-refractivity contribution in [3.63, 3.8) is 0 Å². The summed E-state index contributed by atoms with van der Waals surface area (Å²) in [4.78, 5) is 25.5. The number of nitrogens with one attached hydrogen (secondary N) is 2. The Morgan fingerprint density at radius 2 is 1.82 bits per heavy atom. The lowest BCUT2D eigenvalue weighted by Gasteiger charge is -2.30. The first-order valence-electron chi connectivity index (χ1n) is 12.3. The number of carbonyl (C=O) groups excluding carboxylic acids is 1. The number of rotatable bonds is 7. The van der Waals surface area contributed by atoms with Crippen molar-refractivity contribution in [2.45, 2.75) is 50.1 Å². The molecule has 2 aliphatic rings. The van der Waals surface area contributed by atoms with Gasteiger partial charge in [0.15, 0.2) is 5.82 Å². The fourth-order valence-corrected chi connectivity index (χ4v) is 4.25. The van der Waals surface area contributed by atoms with Crippen LogP contribution in [0.3, 0.4) is 0 Å². The molecule has 1 aliphatic carbocycles. The van der Waals surface area contributed by atoms with Gasteiger partial charge in [-0.3, -0.25) is 4.98 Å². The lowest BCUT2D eigenvalue weighted by molar-refractivity contribution is -0.137. The molecule has 2 aromatic heterocycles. The van der Waals surface area contributed by atoms with Crippen molar-refractivity contribution in [1.29, 1.82) is 0 Å². The van der Waals surface area contributed by atoms with Gasteiger partial charge in [-0.05, 0) is 56.0 Å². The van der Waals surface area contributed by atoms with Crippen LogP contribution in [0.1, 0.15) is 31.2 Å². The third kappa shape index (κ3) is 6.49. The van der Waals surface area contributed by atoms with Crippen LogP contribution in [0, 0.1) is 0 Å². The average Bonchev–Trinajstić information content (AvgIpc) is 2.88. The zero-order chi connectivity index (χ0) is 26.5. The molecular weight excluding hydrogens is 503 g/mol. The summed E-state index contributed by atoms with van der Waals surface area (Å²) in [7, 11) is 0. The Morgan fingerprint density at radius 1 is 1.00 bits per heavy atom. The quantitative estimate of drug-likeness (QED) is 0.451. The van der Waals surface area contributed by atoms with Gasteiger partial charge in [0, 0.05) is 36.3 Å². The Kier molecular flexibility index (Phi) is 7.59. The molecule has 2 N–H and O–H groups in total. The van der Waals surface area contributed by atoms with Gasteiger partial charge in [0.1, 0.15) is 18.0 Å². The van der Waals surface area contributed by atoms with Crippen molar-refractivity contribution in [3.8, 4) is 23.0 Å². The Balaban J connectivity index is 1.15. The van der Waals surface area contributed by atoms with Crippen LogP contribution in [-0.4, -0.2) is 52.4 Å². The first-order valence-corrected chi connectivity index (χ1v) is 12.3. The summed E-state index contributed by atoms with van der Waals surface area (Å²) in [5.41, 5.74) is -0.138. The van der Waals surface area contributed by atoms with E-state index in [-0.39, 0.29) is 29.7 Å². The molecule has 5 rings (SSSR count). The molecule has 0 bridgehead atoms. The van der Waals surface area contributed by atoms with Crippen LogP contribution in [0.5, 0.6) is 11.6 Å². The predicted octanol–water partition coefficient (Wildman–Crippen LogP) is 4.85. The van der Waals surface area contributed by atoms with E-state index in [1.807, 2.05) is 6.07 Å². The zero-order valence-corrected chi connectivity index (χ0v) is 20.3. The Bertz CT molecular complexity index is 1250. The van der Waals surface area contributed by atoms with Gasteiger partial charge >= 0.3 is 12.2 Å². The number of hydrogen-bond acceptors (Lipinski definition) is 7. The summed E-state index contributed by atoms with van der Waals surface area (Å²) < 4.78 is 56.5. The Morgan fingerprint density at radius 3 is 2.50 bits per heavy atom. The van der Waals surface area contributed by atoms with Crippen LogP contribution in [0.25, 0.3) is 11.4 Å². The van der Waals surface area contributed by atoms with E-state index < -0.39 is 17.8 Å². The Labute approximate surface area is 216 Å². The fourth-order valence-electron chi connectivity index (χ4n) is 4.25. The Hall–Kier alpha value is -3.93. The molecule has 12 heteroatoms. The second-order valence-electron chi connectivity index (χ2n) is 9.14. The van der Waals surface area contributed by atoms with Gasteiger partial charge in [-0.15, -0.1) is 0 Å². The van der Waals surface area contributed by atoms with Gasteiger partial charge in [-0.1, -0.05) is 0 Å². The van der Waals surface area contributed by atoms with E-state index in [0.717, 1.165) is 17.7 Å². The molecule has 3 heterocycles. The number of hydrogen-bond donors (Lipinski definition) is 2. The number of halogens is 3. The van der Waals surface area contributed by atoms with Crippen LogP contribution < -0.4 is 20.1 Å². The first-order chi connectivity index (χ1) is 18.3. The minimum Gasteiger partial charge on any atom is -0.483 e. The normalized spacial score (nSPS) is 19.8. The van der Waals surface area contributed by atoms with Crippen LogP contribution >= 0.6 is 0 Å². The molecule has 1 saturated heterocycles. The molecule has 0 unspecified atom stereocenters. The molecule has 2 fully saturated rings. The summed E-state index contributed by atoms with van der Waals surface area (Å²) in [5, 5.41) is 5.38. The molecular formula is C26H26F3N5O4. The highest BCUT2D eigenvalue weighted by Gasteiger charge is 2.32. The van der Waals surface area contributed by atoms with Gasteiger partial charge in [0.25, 0.3) is 0 Å². The second kappa shape index (κ2) is 11.2. The van der Waals surface area contributed by atoms with Crippen LogP contribution in [0.2, 0.25) is 0 Å². The van der Waals surface area contributed by atoms with Gasteiger partial charge in [-0.25, -0.2) is 9.78 Å². The predicted molar refractivity (Wildman–Crippen MR) is 131 cm³/mol. The topological polar surface area (TPSA) is 107 Å². The van der Waals surface area contributed by atoms with E-state index in [0.29, 0.717) is 50.6 Å². The number of benzene rings is 1. The number of anilines is 1. The van der Waals surface area contributed by atoms with Gasteiger partial charge < -0.3 is 24.8 Å². The van der Waals surface area contributed by atoms with Gasteiger partial charge in [0.2, 0.25) is 5.88 Å². The molecule has 0 atom stereocenters. The van der Waals surface area contributed by atoms with Crippen LogP contribution in [-0.2, 0) is 10.9 Å². The monoisotopic (exact) mass is 529 g/mol. The van der Waals surface area contributed by atoms with Crippen molar-refractivity contribution in [1.82, 2.24) is 20.3 Å². The van der Waals surface area contributed by atoms with E-state index in [1.54, 1.807) is 30.7 Å². The van der Waals surface area contributed by atoms with E-state index >= 15 is 0 Å². The summed E-state index contributed by atoms with van der Waals surface area (Å²) in [6, 6.07) is 7.64. The SMILES string of the molecule is O=C(Nc1cc(C(F)(F)F)ccc1OC1COC1)N[C@H]1CC[C@H](Oc2ccnc(-c3cccnc3)n2)CC1. The van der Waals surface area contributed by atoms with Crippen molar-refractivity contribution < 1.29 is 32.2 Å². The second-order valence-corrected chi connectivity index (χ2v) is 9.14. The van der Waals surface area contributed by atoms with Crippen molar-refractivity contribution >= 4 is 11.7 Å². The summed E-state index contributed by atoms with van der Waals surface area (Å²) >= 11 is 0. The first kappa shape index (κ1) is 25.7. The highest BCUT2D eigenvalue weighted by Crippen LogP contribution is 2.36. The number of aromatic nitrogens is 3. The van der Waals surface area contributed by atoms with Gasteiger partial charge in [0.05, 0.1) is 24.5 Å². The lowest BCUT2D eigenvalue weighted by atomic mass is 9.93. The van der Waals surface area contributed by atoms with E-state index in [2.05, 4.69) is 25.6 Å². The maximum Gasteiger partial charge on any atom is 0.416 e. The van der Waals surface area contributed by atoms with Crippen molar-refractivity contribution in [2.75, 3.05) is 18.5 Å². The largest absolute Gasteiger partial charge is 0.483 e. The maximum atomic E-state index is 13.2. The third-order valence-corrected chi connectivity index (χ3v) is 6.30. The number of urea groups is 1. The highest BCUT2D eigenvalue weighted by atomic mass is 19.4. The zero-order valence-electron chi connectivity index (χ0n) is 20.3. The molecule has 1 aromatic carbocycles. The molecule has 2 amide bonds. The number of pyridine rings is 1. The van der Waals surface area contributed by atoms with Crippen LogP contribution in [0.15, 0.2) is 55.0 Å². The molecule has 38 heavy (non-hydrogen) atoms. The molecule has 1 saturated carbocycles. The fraction of sp³-hybridized carbons (Fsp3) is 0.385. The summed E-state index contributed by atoms with van der Waals surface area (Å²) in [6.07, 6.45) is 2.73. The van der Waals surface area contributed by atoms with E-state index in [9.17, 15) is 18.0 Å². The van der Waals surface area contributed by atoms with Crippen LogP contribution in [0.4, 0.5) is 23.7 Å². The minimum absolute atomic E-state index is 0.0468. The van der Waals surface area contributed by atoms with Crippen molar-refractivity contribution in [3.05, 3.63) is 60.6 Å². The third-order valence-electron chi connectivity index (χ3n) is 6.30. The molecule has 1 aliphatic heterocycles. The highest BCUT2D eigenvalue weighted by molar-refractivity contribution is 5.91. The number of nitrogens with zero attached hydrogens (tertiary/aromatic N) is 3. The molecule has 0 spiro atoms. The number of ether oxygens (including phenoxy) is 3. The minimum atomic E-state index is -4.55. The smallest absolute Gasteiger partial charge is 0.416 e.